The van der Waals surface area contributed by atoms with Gasteiger partial charge in [0.2, 0.25) is 5.91 Å². The minimum Gasteiger partial charge on any atom is -0.383 e. The molecule has 4 aromatic rings. The van der Waals surface area contributed by atoms with Gasteiger partial charge in [-0.05, 0) is 38.2 Å². The summed E-state index contributed by atoms with van der Waals surface area (Å²) in [6, 6.07) is 7.91. The largest absolute Gasteiger partial charge is 0.383 e. The fourth-order valence-corrected chi connectivity index (χ4v) is 5.75. The lowest BCUT2D eigenvalue weighted by Gasteiger charge is -2.23. The molecule has 3 aromatic heterocycles. The summed E-state index contributed by atoms with van der Waals surface area (Å²) in [6.45, 7) is 3.89. The van der Waals surface area contributed by atoms with Gasteiger partial charge in [-0.1, -0.05) is 61.9 Å². The third kappa shape index (κ3) is 3.72. The van der Waals surface area contributed by atoms with Gasteiger partial charge in [-0.2, -0.15) is 0 Å². The molecule has 3 N–H and O–H groups in total. The van der Waals surface area contributed by atoms with Crippen LogP contribution in [0.25, 0.3) is 17.2 Å². The monoisotopic (exact) mass is 481 g/mol. The van der Waals surface area contributed by atoms with Crippen LogP contribution in [-0.2, 0) is 16.6 Å². The van der Waals surface area contributed by atoms with Crippen LogP contribution in [0.1, 0.15) is 67.8 Å². The standard InChI is InChI=1S/C28H31N7O/c1-17-8-11-19(12-9-17)28(2)23-24(29)32-25(33-26(23)34-27(28)36)21-16-35-20(14-31-22(35)15-30-21)13-10-18-6-4-3-5-7-18/h8-9,11-12,14-16,18H,3-7,10,13H2,1-2H3,(H3,29,32,33,34,36). The predicted molar refractivity (Wildman–Crippen MR) is 140 cm³/mol. The van der Waals surface area contributed by atoms with Crippen molar-refractivity contribution in [3.8, 4) is 11.5 Å². The number of aryl methyl sites for hydroxylation is 2. The molecular weight excluding hydrogens is 450 g/mol. The van der Waals surface area contributed by atoms with Crippen molar-refractivity contribution in [1.29, 1.82) is 0 Å². The molecule has 1 atom stereocenters. The van der Waals surface area contributed by atoms with E-state index >= 15 is 0 Å². The maximum atomic E-state index is 13.2. The van der Waals surface area contributed by atoms with Gasteiger partial charge in [-0.3, -0.25) is 4.79 Å². The first-order valence-corrected chi connectivity index (χ1v) is 12.8. The number of aromatic nitrogens is 5. The van der Waals surface area contributed by atoms with Crippen LogP contribution < -0.4 is 11.1 Å². The van der Waals surface area contributed by atoms with Crippen LogP contribution in [0, 0.1) is 12.8 Å². The van der Waals surface area contributed by atoms with Crippen LogP contribution in [0.4, 0.5) is 11.6 Å². The highest BCUT2D eigenvalue weighted by Crippen LogP contribution is 2.44. The van der Waals surface area contributed by atoms with Crippen molar-refractivity contribution in [2.75, 3.05) is 11.1 Å². The van der Waals surface area contributed by atoms with Crippen molar-refractivity contribution in [1.82, 2.24) is 24.3 Å². The molecule has 1 unspecified atom stereocenters. The number of carbonyl (C=O) groups excluding carboxylic acids is 1. The summed E-state index contributed by atoms with van der Waals surface area (Å²) in [6.07, 6.45) is 14.5. The summed E-state index contributed by atoms with van der Waals surface area (Å²) < 4.78 is 2.08. The van der Waals surface area contributed by atoms with Crippen LogP contribution in [0.2, 0.25) is 0 Å². The summed E-state index contributed by atoms with van der Waals surface area (Å²) in [5, 5.41) is 2.94. The van der Waals surface area contributed by atoms with Gasteiger partial charge in [0, 0.05) is 18.1 Å². The van der Waals surface area contributed by atoms with Crippen LogP contribution in [0.15, 0.2) is 42.9 Å². The smallest absolute Gasteiger partial charge is 0.240 e. The van der Waals surface area contributed by atoms with Gasteiger partial charge >= 0.3 is 0 Å². The Labute approximate surface area is 210 Å². The topological polar surface area (TPSA) is 111 Å². The Kier molecular flexibility index (Phi) is 5.47. The molecule has 6 rings (SSSR count). The van der Waals surface area contributed by atoms with Crippen molar-refractivity contribution in [3.05, 3.63) is 65.2 Å². The third-order valence-corrected chi connectivity index (χ3v) is 7.99. The summed E-state index contributed by atoms with van der Waals surface area (Å²) in [7, 11) is 0. The molecule has 2 aliphatic rings. The van der Waals surface area contributed by atoms with Crippen molar-refractivity contribution in [3.63, 3.8) is 0 Å². The molecule has 1 fully saturated rings. The highest BCUT2D eigenvalue weighted by molar-refractivity contribution is 6.09. The van der Waals surface area contributed by atoms with Crippen LogP contribution >= 0.6 is 0 Å². The first kappa shape index (κ1) is 22.6. The number of anilines is 2. The highest BCUT2D eigenvalue weighted by Gasteiger charge is 2.47. The number of carbonyl (C=O) groups is 1. The lowest BCUT2D eigenvalue weighted by molar-refractivity contribution is -0.119. The Bertz CT molecular complexity index is 1450. The number of benzene rings is 1. The van der Waals surface area contributed by atoms with Crippen LogP contribution in [-0.4, -0.2) is 30.2 Å². The van der Waals surface area contributed by atoms with Gasteiger partial charge in [0.15, 0.2) is 11.5 Å². The number of imidazole rings is 1. The van der Waals surface area contributed by atoms with Crippen LogP contribution in [0.3, 0.4) is 0 Å². The van der Waals surface area contributed by atoms with E-state index in [1.54, 1.807) is 6.20 Å². The van der Waals surface area contributed by atoms with E-state index < -0.39 is 5.41 Å². The van der Waals surface area contributed by atoms with E-state index in [4.69, 9.17) is 10.7 Å². The number of nitrogen functional groups attached to an aromatic ring is 1. The minimum atomic E-state index is -0.959. The average Bonchev–Trinajstić information content (AvgIpc) is 3.41. The highest BCUT2D eigenvalue weighted by atomic mass is 16.2. The minimum absolute atomic E-state index is 0.164. The number of amides is 1. The third-order valence-electron chi connectivity index (χ3n) is 7.99. The van der Waals surface area contributed by atoms with Gasteiger partial charge in [0.1, 0.15) is 22.7 Å². The Morgan fingerprint density at radius 2 is 1.86 bits per heavy atom. The van der Waals surface area contributed by atoms with Gasteiger partial charge < -0.3 is 15.5 Å². The second-order valence-electron chi connectivity index (χ2n) is 10.4. The zero-order valence-corrected chi connectivity index (χ0v) is 20.8. The van der Waals surface area contributed by atoms with Crippen LogP contribution in [0.5, 0.6) is 0 Å². The van der Waals surface area contributed by atoms with Gasteiger partial charge in [0.25, 0.3) is 0 Å². The zero-order valence-electron chi connectivity index (χ0n) is 20.8. The molecule has 4 heterocycles. The van der Waals surface area contributed by atoms with Crippen molar-refractivity contribution in [2.45, 2.75) is 64.2 Å². The predicted octanol–water partition coefficient (Wildman–Crippen LogP) is 4.85. The maximum absolute atomic E-state index is 13.2. The first-order valence-electron chi connectivity index (χ1n) is 12.8. The van der Waals surface area contributed by atoms with E-state index in [1.165, 1.54) is 38.5 Å². The molecule has 0 saturated heterocycles. The molecule has 0 spiro atoms. The molecule has 8 heteroatoms. The number of rotatable bonds is 5. The molecule has 1 aliphatic carbocycles. The molecule has 184 valence electrons. The molecule has 1 amide bonds. The van der Waals surface area contributed by atoms with Gasteiger partial charge in [-0.15, -0.1) is 0 Å². The maximum Gasteiger partial charge on any atom is 0.240 e. The summed E-state index contributed by atoms with van der Waals surface area (Å²) in [5.74, 6) is 1.74. The number of hydrogen-bond donors (Lipinski definition) is 2. The fourth-order valence-electron chi connectivity index (χ4n) is 5.75. The Morgan fingerprint density at radius 1 is 1.08 bits per heavy atom. The van der Waals surface area contributed by atoms with Gasteiger partial charge in [-0.25, -0.2) is 19.9 Å². The zero-order chi connectivity index (χ0) is 24.9. The van der Waals surface area contributed by atoms with E-state index in [0.29, 0.717) is 22.9 Å². The fraction of sp³-hybridized carbons (Fsp3) is 0.393. The Hall–Kier alpha value is -3.81. The van der Waals surface area contributed by atoms with E-state index in [1.807, 2.05) is 50.5 Å². The Balaban J connectivity index is 1.34. The van der Waals surface area contributed by atoms with E-state index in [-0.39, 0.29) is 11.7 Å². The molecule has 1 saturated carbocycles. The summed E-state index contributed by atoms with van der Waals surface area (Å²) in [4.78, 5) is 31.6. The molecule has 36 heavy (non-hydrogen) atoms. The van der Waals surface area contributed by atoms with Gasteiger partial charge in [0.05, 0.1) is 11.8 Å². The molecule has 8 nitrogen and oxygen atoms in total. The first-order chi connectivity index (χ1) is 17.4. The molecule has 1 aliphatic heterocycles. The Morgan fingerprint density at radius 3 is 2.64 bits per heavy atom. The number of fused-ring (bicyclic) bond motifs is 2. The molecule has 1 aromatic carbocycles. The lowest BCUT2D eigenvalue weighted by Crippen LogP contribution is -2.32. The van der Waals surface area contributed by atoms with Crippen molar-refractivity contribution < 1.29 is 4.79 Å². The number of nitrogens with zero attached hydrogens (tertiary/aromatic N) is 5. The van der Waals surface area contributed by atoms with Crippen molar-refractivity contribution in [2.24, 2.45) is 5.92 Å². The van der Waals surface area contributed by atoms with E-state index in [0.717, 1.165) is 34.8 Å². The molecule has 0 radical (unpaired) electrons. The second kappa shape index (κ2) is 8.69. The van der Waals surface area contributed by atoms with E-state index in [2.05, 4.69) is 24.7 Å². The lowest BCUT2D eigenvalue weighted by atomic mass is 9.77. The summed E-state index contributed by atoms with van der Waals surface area (Å²) >= 11 is 0. The van der Waals surface area contributed by atoms with Crippen molar-refractivity contribution >= 4 is 23.2 Å². The quantitative estimate of drug-likeness (QED) is 0.422. The summed E-state index contributed by atoms with van der Waals surface area (Å²) in [5.41, 5.74) is 10.7. The molecule has 0 bridgehead atoms. The average molecular weight is 482 g/mol. The second-order valence-corrected chi connectivity index (χ2v) is 10.4. The SMILES string of the molecule is Cc1ccc(C2(C)C(=O)Nc3nc(-c4cn5c(CCC6CCCCC6)cnc5cn4)nc(N)c32)cc1. The molecular formula is C28H31N7O. The number of nitrogens with one attached hydrogen (secondary N) is 1. The number of nitrogens with two attached hydrogens (primary N) is 1. The van der Waals surface area contributed by atoms with E-state index in [9.17, 15) is 4.79 Å². The number of hydrogen-bond acceptors (Lipinski definition) is 6. The normalized spacial score (nSPS) is 20.0.